The van der Waals surface area contributed by atoms with Crippen molar-refractivity contribution >= 4 is 7.60 Å². The topological polar surface area (TPSA) is 83.6 Å². The molecule has 78 valence electrons. The lowest BCUT2D eigenvalue weighted by atomic mass is 9.75. The Kier molecular flexibility index (Phi) is 3.18. The quantitative estimate of drug-likeness (QED) is 0.598. The van der Waals surface area contributed by atoms with E-state index >= 15 is 0 Å². The molecule has 0 amide bonds. The Morgan fingerprint density at radius 2 is 1.77 bits per heavy atom. The van der Waals surface area contributed by atoms with Crippen LogP contribution in [-0.4, -0.2) is 15.6 Å². The highest BCUT2D eigenvalue weighted by Crippen LogP contribution is 2.52. The summed E-state index contributed by atoms with van der Waals surface area (Å²) in [6.45, 7) is 1.88. The molecule has 0 radical (unpaired) electrons. The summed E-state index contributed by atoms with van der Waals surface area (Å²) < 4.78 is 11.0. The normalized spacial score (nSPS) is 25.5. The van der Waals surface area contributed by atoms with Crippen molar-refractivity contribution in [2.24, 2.45) is 11.1 Å². The Morgan fingerprint density at radius 1 is 1.31 bits per heavy atom. The molecule has 0 saturated heterocycles. The van der Waals surface area contributed by atoms with Gasteiger partial charge < -0.3 is 15.5 Å². The van der Waals surface area contributed by atoms with Gasteiger partial charge in [-0.1, -0.05) is 26.2 Å². The first-order chi connectivity index (χ1) is 5.86. The standard InChI is InChI=1S/C8H18NO3P/c1-8(5-3-2-4-6-8)7(9)13(10,11)12/h7H,2-6,9H2,1H3,(H2,10,11,12). The molecule has 0 aromatic carbocycles. The molecule has 1 rings (SSSR count). The van der Waals surface area contributed by atoms with Crippen molar-refractivity contribution in [3.05, 3.63) is 0 Å². The molecule has 1 fully saturated rings. The van der Waals surface area contributed by atoms with Crippen molar-refractivity contribution in [2.75, 3.05) is 0 Å². The van der Waals surface area contributed by atoms with Crippen LogP contribution in [0.2, 0.25) is 0 Å². The van der Waals surface area contributed by atoms with Gasteiger partial charge in [0.05, 0.1) is 0 Å². The van der Waals surface area contributed by atoms with E-state index in [2.05, 4.69) is 0 Å². The van der Waals surface area contributed by atoms with Gasteiger partial charge in [-0.15, -0.1) is 0 Å². The molecular formula is C8H18NO3P. The molecule has 1 aliphatic carbocycles. The smallest absolute Gasteiger partial charge is 0.323 e. The summed E-state index contributed by atoms with van der Waals surface area (Å²) in [6.07, 6.45) is 4.89. The molecule has 5 heteroatoms. The molecule has 0 spiro atoms. The lowest BCUT2D eigenvalue weighted by molar-refractivity contribution is 0.185. The van der Waals surface area contributed by atoms with Gasteiger partial charge in [0, 0.05) is 0 Å². The highest BCUT2D eigenvalue weighted by atomic mass is 31.2. The summed E-state index contributed by atoms with van der Waals surface area (Å²) in [5.41, 5.74) is 5.23. The zero-order valence-corrected chi connectivity index (χ0v) is 8.83. The SMILES string of the molecule is CC1(C(N)P(=O)(O)O)CCCCC1. The van der Waals surface area contributed by atoms with Gasteiger partial charge in [0.15, 0.2) is 0 Å². The minimum atomic E-state index is -4.11. The Balaban J connectivity index is 2.73. The van der Waals surface area contributed by atoms with E-state index in [0.29, 0.717) is 0 Å². The number of nitrogens with two attached hydrogens (primary N) is 1. The number of hydrogen-bond donors (Lipinski definition) is 3. The van der Waals surface area contributed by atoms with E-state index in [1.807, 2.05) is 6.92 Å². The zero-order valence-electron chi connectivity index (χ0n) is 7.94. The van der Waals surface area contributed by atoms with Crippen LogP contribution in [0.15, 0.2) is 0 Å². The van der Waals surface area contributed by atoms with E-state index < -0.39 is 13.4 Å². The van der Waals surface area contributed by atoms with Crippen molar-refractivity contribution in [2.45, 2.75) is 44.8 Å². The summed E-state index contributed by atoms with van der Waals surface area (Å²) in [5, 5.41) is 0. The van der Waals surface area contributed by atoms with E-state index in [1.54, 1.807) is 0 Å². The van der Waals surface area contributed by atoms with Crippen LogP contribution in [0.1, 0.15) is 39.0 Å². The fourth-order valence-corrected chi connectivity index (χ4v) is 3.13. The third kappa shape index (κ3) is 2.53. The van der Waals surface area contributed by atoms with E-state index in [9.17, 15) is 4.57 Å². The van der Waals surface area contributed by atoms with E-state index in [4.69, 9.17) is 15.5 Å². The van der Waals surface area contributed by atoms with Crippen LogP contribution in [-0.2, 0) is 4.57 Å². The monoisotopic (exact) mass is 207 g/mol. The van der Waals surface area contributed by atoms with E-state index in [0.717, 1.165) is 32.1 Å². The molecule has 0 aromatic rings. The third-order valence-electron chi connectivity index (χ3n) is 3.07. The molecule has 13 heavy (non-hydrogen) atoms. The van der Waals surface area contributed by atoms with Gasteiger partial charge in [0.25, 0.3) is 0 Å². The molecule has 4 N–H and O–H groups in total. The summed E-state index contributed by atoms with van der Waals surface area (Å²) in [5.74, 6) is -0.986. The predicted molar refractivity (Wildman–Crippen MR) is 51.2 cm³/mol. The zero-order chi connectivity index (χ0) is 10.1. The molecular weight excluding hydrogens is 189 g/mol. The third-order valence-corrected chi connectivity index (χ3v) is 4.42. The molecule has 1 aliphatic rings. The van der Waals surface area contributed by atoms with Crippen LogP contribution in [0.3, 0.4) is 0 Å². The molecule has 1 saturated carbocycles. The second-order valence-corrected chi connectivity index (χ2v) is 5.98. The molecule has 0 aromatic heterocycles. The maximum atomic E-state index is 11.0. The lowest BCUT2D eigenvalue weighted by Crippen LogP contribution is -2.40. The fraction of sp³-hybridized carbons (Fsp3) is 1.00. The van der Waals surface area contributed by atoms with Gasteiger partial charge in [0.2, 0.25) is 0 Å². The maximum Gasteiger partial charge on any atom is 0.342 e. The van der Waals surface area contributed by atoms with Crippen molar-refractivity contribution in [3.8, 4) is 0 Å². The average molecular weight is 207 g/mol. The van der Waals surface area contributed by atoms with Crippen LogP contribution >= 0.6 is 7.60 Å². The highest BCUT2D eigenvalue weighted by Gasteiger charge is 2.42. The van der Waals surface area contributed by atoms with Crippen LogP contribution < -0.4 is 5.73 Å². The van der Waals surface area contributed by atoms with Gasteiger partial charge in [-0.05, 0) is 18.3 Å². The number of rotatable bonds is 2. The van der Waals surface area contributed by atoms with Crippen molar-refractivity contribution < 1.29 is 14.4 Å². The van der Waals surface area contributed by atoms with Gasteiger partial charge >= 0.3 is 7.60 Å². The first-order valence-electron chi connectivity index (χ1n) is 4.67. The fourth-order valence-electron chi connectivity index (χ4n) is 2.06. The van der Waals surface area contributed by atoms with Crippen LogP contribution in [0.5, 0.6) is 0 Å². The Morgan fingerprint density at radius 3 is 2.15 bits per heavy atom. The average Bonchev–Trinajstić information content (AvgIpc) is 2.03. The minimum Gasteiger partial charge on any atom is -0.323 e. The van der Waals surface area contributed by atoms with Crippen molar-refractivity contribution in [1.82, 2.24) is 0 Å². The first-order valence-corrected chi connectivity index (χ1v) is 6.35. The molecule has 4 nitrogen and oxygen atoms in total. The summed E-state index contributed by atoms with van der Waals surface area (Å²) >= 11 is 0. The first kappa shape index (κ1) is 11.2. The minimum absolute atomic E-state index is 0.364. The van der Waals surface area contributed by atoms with Gasteiger partial charge in [-0.2, -0.15) is 0 Å². The Labute approximate surface area is 78.7 Å². The largest absolute Gasteiger partial charge is 0.342 e. The summed E-state index contributed by atoms with van der Waals surface area (Å²) in [7, 11) is -4.11. The van der Waals surface area contributed by atoms with Crippen LogP contribution in [0.25, 0.3) is 0 Å². The van der Waals surface area contributed by atoms with Gasteiger partial charge in [0.1, 0.15) is 5.78 Å². The van der Waals surface area contributed by atoms with Crippen molar-refractivity contribution in [3.63, 3.8) is 0 Å². The predicted octanol–water partition coefficient (Wildman–Crippen LogP) is 1.42. The highest BCUT2D eigenvalue weighted by molar-refractivity contribution is 7.52. The van der Waals surface area contributed by atoms with Crippen molar-refractivity contribution in [1.29, 1.82) is 0 Å². The van der Waals surface area contributed by atoms with E-state index in [-0.39, 0.29) is 5.41 Å². The lowest BCUT2D eigenvalue weighted by Gasteiger charge is -2.38. The summed E-state index contributed by atoms with van der Waals surface area (Å²) in [4.78, 5) is 18.0. The molecule has 1 unspecified atom stereocenters. The molecule has 0 bridgehead atoms. The van der Waals surface area contributed by atoms with Crippen LogP contribution in [0, 0.1) is 5.41 Å². The maximum absolute atomic E-state index is 11.0. The Bertz CT molecular complexity index is 219. The number of hydrogen-bond acceptors (Lipinski definition) is 2. The summed E-state index contributed by atoms with van der Waals surface area (Å²) in [6, 6.07) is 0. The second kappa shape index (κ2) is 3.70. The van der Waals surface area contributed by atoms with E-state index in [1.165, 1.54) is 0 Å². The molecule has 1 atom stereocenters. The molecule has 0 aliphatic heterocycles. The molecule has 0 heterocycles. The van der Waals surface area contributed by atoms with Gasteiger partial charge in [-0.25, -0.2) is 0 Å². The second-order valence-electron chi connectivity index (χ2n) is 4.25. The Hall–Kier alpha value is 0.110. The van der Waals surface area contributed by atoms with Crippen LogP contribution in [0.4, 0.5) is 0 Å². The van der Waals surface area contributed by atoms with Gasteiger partial charge in [-0.3, -0.25) is 4.57 Å².